The standard InChI is InChI=1S/C13H12Cl2N4O/c1-12(6-13(12,14)15)11(20)18-9-2-4-10(5-3-9)19-8-16-7-17-19/h2-5,7-8H,6H2,1H3,(H,18,20). The minimum atomic E-state index is -0.961. The van der Waals surface area contributed by atoms with Crippen LogP contribution in [0, 0.1) is 5.41 Å². The van der Waals surface area contributed by atoms with Crippen molar-refractivity contribution in [2.45, 2.75) is 17.7 Å². The molecule has 1 aromatic heterocycles. The fourth-order valence-corrected chi connectivity index (χ4v) is 2.66. The van der Waals surface area contributed by atoms with Gasteiger partial charge < -0.3 is 5.32 Å². The Morgan fingerprint density at radius 1 is 1.35 bits per heavy atom. The summed E-state index contributed by atoms with van der Waals surface area (Å²) in [5.74, 6) is -0.170. The van der Waals surface area contributed by atoms with Gasteiger partial charge in [-0.3, -0.25) is 4.79 Å². The number of halogens is 2. The molecule has 1 heterocycles. The third kappa shape index (κ3) is 2.17. The summed E-state index contributed by atoms with van der Waals surface area (Å²) < 4.78 is 0.675. The maximum Gasteiger partial charge on any atom is 0.233 e. The molecule has 1 unspecified atom stereocenters. The van der Waals surface area contributed by atoms with Crippen molar-refractivity contribution >= 4 is 34.8 Å². The second-order valence-corrected chi connectivity index (χ2v) is 6.54. The topological polar surface area (TPSA) is 59.8 Å². The maximum absolute atomic E-state index is 12.1. The lowest BCUT2D eigenvalue weighted by Gasteiger charge is -2.12. The van der Waals surface area contributed by atoms with Gasteiger partial charge in [0.25, 0.3) is 0 Å². The molecule has 0 radical (unpaired) electrons. The van der Waals surface area contributed by atoms with Gasteiger partial charge in [0.05, 0.1) is 11.1 Å². The van der Waals surface area contributed by atoms with Gasteiger partial charge in [0.15, 0.2) is 0 Å². The van der Waals surface area contributed by atoms with Crippen LogP contribution >= 0.6 is 23.2 Å². The predicted molar refractivity (Wildman–Crippen MR) is 77.1 cm³/mol. The van der Waals surface area contributed by atoms with Crippen LogP contribution in [0.2, 0.25) is 0 Å². The van der Waals surface area contributed by atoms with Crippen molar-refractivity contribution in [3.8, 4) is 5.69 Å². The van der Waals surface area contributed by atoms with Crippen LogP contribution in [-0.2, 0) is 4.79 Å². The van der Waals surface area contributed by atoms with E-state index in [9.17, 15) is 4.79 Å². The van der Waals surface area contributed by atoms with Crippen LogP contribution in [0.5, 0.6) is 0 Å². The second-order valence-electron chi connectivity index (χ2n) is 5.05. The molecule has 1 aliphatic carbocycles. The van der Waals surface area contributed by atoms with E-state index in [0.29, 0.717) is 12.1 Å². The van der Waals surface area contributed by atoms with Gasteiger partial charge in [-0.2, -0.15) is 5.10 Å². The Balaban J connectivity index is 1.72. The summed E-state index contributed by atoms with van der Waals surface area (Å²) in [6, 6.07) is 7.28. The molecular formula is C13H12Cl2N4O. The SMILES string of the molecule is CC1(C(=O)Nc2ccc(-n3cncn3)cc2)CC1(Cl)Cl. The fraction of sp³-hybridized carbons (Fsp3) is 0.308. The van der Waals surface area contributed by atoms with Crippen molar-refractivity contribution in [1.29, 1.82) is 0 Å². The molecular weight excluding hydrogens is 299 g/mol. The van der Waals surface area contributed by atoms with Crippen molar-refractivity contribution in [3.05, 3.63) is 36.9 Å². The highest BCUT2D eigenvalue weighted by Gasteiger charge is 2.67. The number of hydrogen-bond acceptors (Lipinski definition) is 3. The predicted octanol–water partition coefficient (Wildman–Crippen LogP) is 2.79. The number of nitrogens with zero attached hydrogens (tertiary/aromatic N) is 3. The fourth-order valence-electron chi connectivity index (χ4n) is 1.95. The molecule has 20 heavy (non-hydrogen) atoms. The van der Waals surface area contributed by atoms with E-state index in [1.165, 1.54) is 6.33 Å². The largest absolute Gasteiger partial charge is 0.326 e. The van der Waals surface area contributed by atoms with Crippen LogP contribution < -0.4 is 5.32 Å². The highest BCUT2D eigenvalue weighted by Crippen LogP contribution is 2.64. The molecule has 0 spiro atoms. The average Bonchev–Trinajstić information content (AvgIpc) is 2.83. The first-order chi connectivity index (χ1) is 9.42. The first kappa shape index (κ1) is 13.4. The van der Waals surface area contributed by atoms with Gasteiger partial charge in [-0.25, -0.2) is 9.67 Å². The quantitative estimate of drug-likeness (QED) is 0.887. The normalized spacial score (nSPS) is 23.4. The molecule has 1 atom stereocenters. The Bertz CT molecular complexity index is 639. The van der Waals surface area contributed by atoms with E-state index in [2.05, 4.69) is 15.4 Å². The molecule has 1 fully saturated rings. The van der Waals surface area contributed by atoms with Crippen molar-refractivity contribution in [3.63, 3.8) is 0 Å². The van der Waals surface area contributed by atoms with E-state index in [-0.39, 0.29) is 5.91 Å². The molecule has 3 rings (SSSR count). The van der Waals surface area contributed by atoms with E-state index in [0.717, 1.165) is 5.69 Å². The van der Waals surface area contributed by atoms with E-state index in [1.807, 2.05) is 12.1 Å². The van der Waals surface area contributed by atoms with E-state index < -0.39 is 9.75 Å². The Kier molecular flexibility index (Phi) is 2.99. The molecule has 7 heteroatoms. The second kappa shape index (κ2) is 4.46. The molecule has 5 nitrogen and oxygen atoms in total. The first-order valence-electron chi connectivity index (χ1n) is 6.07. The smallest absolute Gasteiger partial charge is 0.233 e. The third-order valence-electron chi connectivity index (χ3n) is 3.57. The zero-order valence-electron chi connectivity index (χ0n) is 10.7. The van der Waals surface area contributed by atoms with Crippen molar-refractivity contribution in [2.24, 2.45) is 5.41 Å². The Hall–Kier alpha value is -1.59. The van der Waals surface area contributed by atoms with Gasteiger partial charge in [-0.05, 0) is 37.6 Å². The van der Waals surface area contributed by atoms with Crippen molar-refractivity contribution in [1.82, 2.24) is 14.8 Å². The highest BCUT2D eigenvalue weighted by atomic mass is 35.5. The Morgan fingerprint density at radius 2 is 2.00 bits per heavy atom. The summed E-state index contributed by atoms with van der Waals surface area (Å²) in [5, 5.41) is 6.85. The van der Waals surface area contributed by atoms with Crippen molar-refractivity contribution < 1.29 is 4.79 Å². The van der Waals surface area contributed by atoms with Crippen LogP contribution in [0.25, 0.3) is 5.69 Å². The van der Waals surface area contributed by atoms with Crippen LogP contribution in [0.3, 0.4) is 0 Å². The van der Waals surface area contributed by atoms with Gasteiger partial charge in [-0.15, -0.1) is 23.2 Å². The Morgan fingerprint density at radius 3 is 2.50 bits per heavy atom. The van der Waals surface area contributed by atoms with Gasteiger partial charge in [-0.1, -0.05) is 0 Å². The number of carbonyl (C=O) groups excluding carboxylic acids is 1. The molecule has 1 N–H and O–H groups in total. The summed E-state index contributed by atoms with van der Waals surface area (Å²) >= 11 is 12.0. The van der Waals surface area contributed by atoms with E-state index in [4.69, 9.17) is 23.2 Å². The Labute approximate surface area is 125 Å². The molecule has 0 saturated heterocycles. The van der Waals surface area contributed by atoms with Gasteiger partial charge in [0.2, 0.25) is 5.91 Å². The molecule has 1 saturated carbocycles. The molecule has 2 aromatic rings. The lowest BCUT2D eigenvalue weighted by molar-refractivity contribution is -0.120. The number of hydrogen-bond donors (Lipinski definition) is 1. The molecule has 1 aromatic carbocycles. The summed E-state index contributed by atoms with van der Waals surface area (Å²) in [5.41, 5.74) is 0.832. The monoisotopic (exact) mass is 310 g/mol. The molecule has 1 aliphatic rings. The number of alkyl halides is 2. The number of anilines is 1. The van der Waals surface area contributed by atoms with Gasteiger partial charge in [0.1, 0.15) is 17.0 Å². The molecule has 104 valence electrons. The summed E-state index contributed by atoms with van der Waals surface area (Å²) in [7, 11) is 0. The number of amides is 1. The minimum Gasteiger partial charge on any atom is -0.326 e. The lowest BCUT2D eigenvalue weighted by atomic mass is 10.1. The summed E-state index contributed by atoms with van der Waals surface area (Å²) in [4.78, 5) is 16.0. The molecule has 0 aliphatic heterocycles. The van der Waals surface area contributed by atoms with Crippen molar-refractivity contribution in [2.75, 3.05) is 5.32 Å². The van der Waals surface area contributed by atoms with Crippen LogP contribution in [0.1, 0.15) is 13.3 Å². The molecule has 1 amide bonds. The highest BCUT2D eigenvalue weighted by molar-refractivity contribution is 6.53. The minimum absolute atomic E-state index is 0.170. The maximum atomic E-state index is 12.1. The first-order valence-corrected chi connectivity index (χ1v) is 6.82. The van der Waals surface area contributed by atoms with Crippen LogP contribution in [0.15, 0.2) is 36.9 Å². The van der Waals surface area contributed by atoms with Gasteiger partial charge >= 0.3 is 0 Å². The summed E-state index contributed by atoms with van der Waals surface area (Å²) in [6.45, 7) is 1.76. The third-order valence-corrected chi connectivity index (χ3v) is 4.67. The van der Waals surface area contributed by atoms with E-state index >= 15 is 0 Å². The number of rotatable bonds is 3. The zero-order chi connectivity index (χ0) is 14.4. The molecule has 0 bridgehead atoms. The van der Waals surface area contributed by atoms with Crippen LogP contribution in [-0.4, -0.2) is 25.0 Å². The van der Waals surface area contributed by atoms with Gasteiger partial charge in [0, 0.05) is 5.69 Å². The van der Waals surface area contributed by atoms with E-state index in [1.54, 1.807) is 30.1 Å². The summed E-state index contributed by atoms with van der Waals surface area (Å²) in [6.07, 6.45) is 3.53. The lowest BCUT2D eigenvalue weighted by Crippen LogP contribution is -2.25. The zero-order valence-corrected chi connectivity index (χ0v) is 12.2. The van der Waals surface area contributed by atoms with Crippen LogP contribution in [0.4, 0.5) is 5.69 Å². The number of benzene rings is 1. The number of aromatic nitrogens is 3. The number of nitrogens with one attached hydrogen (secondary N) is 1. The average molecular weight is 311 g/mol. The number of carbonyl (C=O) groups is 1.